The molecule has 0 aliphatic heterocycles. The first-order valence-electron chi connectivity index (χ1n) is 6.60. The Bertz CT molecular complexity index is 814. The van der Waals surface area contributed by atoms with Crippen LogP contribution in [0.1, 0.15) is 16.1 Å². The van der Waals surface area contributed by atoms with E-state index >= 15 is 0 Å². The van der Waals surface area contributed by atoms with Crippen molar-refractivity contribution in [3.8, 4) is 6.07 Å². The Kier molecular flexibility index (Phi) is 4.57. The highest BCUT2D eigenvalue weighted by molar-refractivity contribution is 6.12. The van der Waals surface area contributed by atoms with E-state index in [1.807, 2.05) is 0 Å². The summed E-state index contributed by atoms with van der Waals surface area (Å²) in [7, 11) is 3.39. The fourth-order valence-corrected chi connectivity index (χ4v) is 2.01. The van der Waals surface area contributed by atoms with Crippen molar-refractivity contribution < 1.29 is 14.1 Å². The number of Topliss-reactive ketones (excluding diaryl/α,β-unsaturated/α-hetero) is 1. The molecule has 0 saturated carbocycles. The maximum absolute atomic E-state index is 12.1. The molecular formula is C16H13N3O4. The van der Waals surface area contributed by atoms with E-state index in [-0.39, 0.29) is 17.0 Å². The molecular weight excluding hydrogens is 298 g/mol. The van der Waals surface area contributed by atoms with Crippen LogP contribution in [0, 0.1) is 21.4 Å². The van der Waals surface area contributed by atoms with Crippen molar-refractivity contribution in [3.05, 3.63) is 63.6 Å². The first-order chi connectivity index (χ1) is 10.9. The Hall–Kier alpha value is -3.40. The monoisotopic (exact) mass is 311 g/mol. The van der Waals surface area contributed by atoms with E-state index in [0.717, 1.165) is 0 Å². The highest BCUT2D eigenvalue weighted by Crippen LogP contribution is 2.28. The quantitative estimate of drug-likeness (QED) is 0.276. The molecule has 0 unspecified atom stereocenters. The van der Waals surface area contributed by atoms with E-state index in [9.17, 15) is 14.9 Å². The number of nitro benzene ring substituents is 1. The number of nitrogens with zero attached hydrogens (tertiary/aromatic N) is 3. The number of carbonyl (C=O) groups excluding carboxylic acids is 1. The fraction of sp³-hybridized carbons (Fsp3) is 0.125. The summed E-state index contributed by atoms with van der Waals surface area (Å²) in [6.45, 7) is 0. The second-order valence-corrected chi connectivity index (χ2v) is 4.88. The molecule has 0 saturated heterocycles. The smallest absolute Gasteiger partial charge is 0.293 e. The molecule has 0 radical (unpaired) electrons. The predicted octanol–water partition coefficient (Wildman–Crippen LogP) is 3.04. The number of carbonyl (C=O) groups is 1. The Morgan fingerprint density at radius 1 is 1.39 bits per heavy atom. The summed E-state index contributed by atoms with van der Waals surface area (Å²) in [5.41, 5.74) is 0.556. The van der Waals surface area contributed by atoms with Gasteiger partial charge in [-0.3, -0.25) is 14.9 Å². The highest BCUT2D eigenvalue weighted by Gasteiger charge is 2.18. The minimum atomic E-state index is -0.572. The number of nitriles is 1. The maximum atomic E-state index is 12.1. The molecule has 0 N–H and O–H groups in total. The van der Waals surface area contributed by atoms with Gasteiger partial charge in [-0.25, -0.2) is 0 Å². The van der Waals surface area contributed by atoms with Gasteiger partial charge in [-0.15, -0.1) is 0 Å². The van der Waals surface area contributed by atoms with Crippen molar-refractivity contribution >= 4 is 23.2 Å². The number of furan rings is 1. The second-order valence-electron chi connectivity index (χ2n) is 4.88. The number of anilines is 1. The van der Waals surface area contributed by atoms with Crippen LogP contribution in [0.2, 0.25) is 0 Å². The highest BCUT2D eigenvalue weighted by atomic mass is 16.6. The number of rotatable bonds is 5. The summed E-state index contributed by atoms with van der Waals surface area (Å²) in [4.78, 5) is 24.4. The van der Waals surface area contributed by atoms with E-state index in [1.54, 1.807) is 43.3 Å². The third kappa shape index (κ3) is 3.44. The van der Waals surface area contributed by atoms with Crippen molar-refractivity contribution in [3.63, 3.8) is 0 Å². The van der Waals surface area contributed by atoms with Gasteiger partial charge in [0.15, 0.2) is 5.76 Å². The zero-order chi connectivity index (χ0) is 17.0. The molecule has 0 bridgehead atoms. The van der Waals surface area contributed by atoms with Crippen LogP contribution in [0.5, 0.6) is 0 Å². The Morgan fingerprint density at radius 2 is 2.13 bits per heavy atom. The molecule has 0 amide bonds. The van der Waals surface area contributed by atoms with Crippen molar-refractivity contribution in [2.24, 2.45) is 0 Å². The molecule has 0 spiro atoms. The number of hydrogen-bond donors (Lipinski definition) is 0. The van der Waals surface area contributed by atoms with Crippen molar-refractivity contribution in [2.45, 2.75) is 0 Å². The molecule has 1 aromatic carbocycles. The summed E-state index contributed by atoms with van der Waals surface area (Å²) in [6.07, 6.45) is 2.64. The Morgan fingerprint density at radius 3 is 2.65 bits per heavy atom. The van der Waals surface area contributed by atoms with Gasteiger partial charge >= 0.3 is 0 Å². The van der Waals surface area contributed by atoms with E-state index in [2.05, 4.69) is 0 Å². The minimum absolute atomic E-state index is 0.0391. The van der Waals surface area contributed by atoms with E-state index in [1.165, 1.54) is 24.5 Å². The summed E-state index contributed by atoms with van der Waals surface area (Å²) in [5.74, 6) is -0.533. The van der Waals surface area contributed by atoms with Crippen LogP contribution in [0.3, 0.4) is 0 Å². The summed E-state index contributed by atoms with van der Waals surface area (Å²) < 4.78 is 4.97. The first kappa shape index (κ1) is 16.0. The van der Waals surface area contributed by atoms with Gasteiger partial charge in [0.05, 0.1) is 11.2 Å². The maximum Gasteiger partial charge on any atom is 0.293 e. The van der Waals surface area contributed by atoms with Gasteiger partial charge in [-0.2, -0.15) is 5.26 Å². The summed E-state index contributed by atoms with van der Waals surface area (Å²) in [5, 5.41) is 20.3. The topological polar surface area (TPSA) is 100 Å². The second kappa shape index (κ2) is 6.58. The lowest BCUT2D eigenvalue weighted by Crippen LogP contribution is -2.11. The third-order valence-electron chi connectivity index (χ3n) is 3.10. The van der Waals surface area contributed by atoms with Gasteiger partial charge < -0.3 is 9.32 Å². The van der Waals surface area contributed by atoms with Gasteiger partial charge in [0.2, 0.25) is 5.78 Å². The Balaban J connectivity index is 2.45. The van der Waals surface area contributed by atoms with Gasteiger partial charge in [-0.05, 0) is 29.8 Å². The predicted molar refractivity (Wildman–Crippen MR) is 84.1 cm³/mol. The molecule has 7 nitrogen and oxygen atoms in total. The number of benzene rings is 1. The lowest BCUT2D eigenvalue weighted by atomic mass is 10.1. The largest absolute Gasteiger partial charge is 0.461 e. The zero-order valence-corrected chi connectivity index (χ0v) is 12.5. The normalized spacial score (nSPS) is 10.9. The minimum Gasteiger partial charge on any atom is -0.461 e. The Labute approximate surface area is 132 Å². The van der Waals surface area contributed by atoms with E-state index in [4.69, 9.17) is 9.68 Å². The SMILES string of the molecule is CN(C)c1ccc(/C=C(\C#N)C(=O)c2ccco2)cc1[N+](=O)[O-]. The van der Waals surface area contributed by atoms with Crippen LogP contribution in [0.15, 0.2) is 46.6 Å². The van der Waals surface area contributed by atoms with Gasteiger partial charge in [0, 0.05) is 20.2 Å². The molecule has 0 atom stereocenters. The summed E-state index contributed by atoms with van der Waals surface area (Å²) in [6, 6.07) is 9.28. The zero-order valence-electron chi connectivity index (χ0n) is 12.5. The molecule has 23 heavy (non-hydrogen) atoms. The number of nitro groups is 1. The van der Waals surface area contributed by atoms with Crippen molar-refractivity contribution in [1.82, 2.24) is 0 Å². The third-order valence-corrected chi connectivity index (χ3v) is 3.10. The lowest BCUT2D eigenvalue weighted by molar-refractivity contribution is -0.384. The molecule has 2 rings (SSSR count). The number of allylic oxidation sites excluding steroid dienone is 1. The van der Waals surface area contributed by atoms with Gasteiger partial charge in [-0.1, -0.05) is 6.07 Å². The van der Waals surface area contributed by atoms with Crippen LogP contribution in [-0.4, -0.2) is 24.8 Å². The average molecular weight is 311 g/mol. The lowest BCUT2D eigenvalue weighted by Gasteiger charge is -2.12. The number of ketones is 1. The molecule has 2 aromatic rings. The van der Waals surface area contributed by atoms with E-state index < -0.39 is 10.7 Å². The molecule has 0 aliphatic carbocycles. The van der Waals surface area contributed by atoms with Crippen molar-refractivity contribution in [1.29, 1.82) is 5.26 Å². The van der Waals surface area contributed by atoms with Crippen LogP contribution < -0.4 is 4.90 Å². The van der Waals surface area contributed by atoms with Crippen molar-refractivity contribution in [2.75, 3.05) is 19.0 Å². The van der Waals surface area contributed by atoms with Crippen LogP contribution >= 0.6 is 0 Å². The van der Waals surface area contributed by atoms with E-state index in [0.29, 0.717) is 11.3 Å². The van der Waals surface area contributed by atoms with Crippen LogP contribution in [0.4, 0.5) is 11.4 Å². The van der Waals surface area contributed by atoms with Gasteiger partial charge in [0.1, 0.15) is 17.3 Å². The molecule has 116 valence electrons. The summed E-state index contributed by atoms with van der Waals surface area (Å²) >= 11 is 0. The van der Waals surface area contributed by atoms with Crippen LogP contribution in [-0.2, 0) is 0 Å². The molecule has 7 heteroatoms. The first-order valence-corrected chi connectivity index (χ1v) is 6.60. The standard InChI is InChI=1S/C16H13N3O4/c1-18(2)13-6-5-11(9-14(13)19(21)22)8-12(10-17)16(20)15-4-3-7-23-15/h3-9H,1-2H3/b12-8+. The molecule has 1 heterocycles. The fourth-order valence-electron chi connectivity index (χ4n) is 2.01. The molecule has 0 fully saturated rings. The molecule has 0 aliphatic rings. The van der Waals surface area contributed by atoms with Gasteiger partial charge in [0.25, 0.3) is 5.69 Å². The number of hydrogen-bond acceptors (Lipinski definition) is 6. The molecule has 1 aromatic heterocycles. The van der Waals surface area contributed by atoms with Crippen LogP contribution in [0.25, 0.3) is 6.08 Å². The average Bonchev–Trinajstić information content (AvgIpc) is 3.05.